The van der Waals surface area contributed by atoms with Crippen LogP contribution >= 0.6 is 11.6 Å². The number of anilines is 1. The Bertz CT molecular complexity index is 438. The Hall–Kier alpha value is -1.57. The maximum absolute atomic E-state index is 12.4. The van der Waals surface area contributed by atoms with E-state index in [1.54, 1.807) is 0 Å². The summed E-state index contributed by atoms with van der Waals surface area (Å²) >= 11 is 5.45. The van der Waals surface area contributed by atoms with Crippen LogP contribution in [0.25, 0.3) is 0 Å². The van der Waals surface area contributed by atoms with Crippen molar-refractivity contribution in [3.8, 4) is 0 Å². The van der Waals surface area contributed by atoms with Gasteiger partial charge in [0.25, 0.3) is 0 Å². The molecule has 0 fully saturated rings. The van der Waals surface area contributed by atoms with Crippen LogP contribution in [0.2, 0.25) is 5.15 Å². The first kappa shape index (κ1) is 14.5. The number of carbonyl (C=O) groups excluding carboxylic acids is 1. The smallest absolute Gasteiger partial charge is 0.369 e. The van der Waals surface area contributed by atoms with Crippen LogP contribution in [0.1, 0.15) is 12.2 Å². The third kappa shape index (κ3) is 4.36. The van der Waals surface area contributed by atoms with Gasteiger partial charge < -0.3 is 10.6 Å². The normalized spacial score (nSPS) is 11.2. The molecule has 0 aliphatic rings. The number of nitrogens with zero attached hydrogens (tertiary/aromatic N) is 2. The van der Waals surface area contributed by atoms with Crippen LogP contribution in [-0.4, -0.2) is 29.5 Å². The van der Waals surface area contributed by atoms with E-state index in [9.17, 15) is 18.0 Å². The average molecular weight is 283 g/mol. The molecule has 0 atom stereocenters. The fraction of sp³-hybridized carbons (Fsp3) is 0.444. The molecule has 0 unspecified atom stereocenters. The predicted molar refractivity (Wildman–Crippen MR) is 59.2 cm³/mol. The Morgan fingerprint density at radius 3 is 2.67 bits per heavy atom. The first-order valence-electron chi connectivity index (χ1n) is 4.89. The van der Waals surface area contributed by atoms with E-state index in [2.05, 4.69) is 20.6 Å². The summed E-state index contributed by atoms with van der Waals surface area (Å²) in [4.78, 5) is 17.2. The van der Waals surface area contributed by atoms with E-state index in [0.29, 0.717) is 0 Å². The van der Waals surface area contributed by atoms with Crippen molar-refractivity contribution < 1.29 is 18.0 Å². The van der Waals surface area contributed by atoms with Crippen molar-refractivity contribution in [3.63, 3.8) is 0 Å². The first-order valence-corrected chi connectivity index (χ1v) is 5.27. The van der Waals surface area contributed by atoms with Gasteiger partial charge >= 0.3 is 6.18 Å². The van der Waals surface area contributed by atoms with Crippen molar-refractivity contribution in [2.75, 3.05) is 18.9 Å². The first-order chi connectivity index (χ1) is 8.32. The molecule has 1 aromatic rings. The summed E-state index contributed by atoms with van der Waals surface area (Å²) < 4.78 is 37.1. The molecule has 0 aromatic carbocycles. The molecule has 5 nitrogen and oxygen atoms in total. The maximum atomic E-state index is 12.4. The molecule has 0 aliphatic heterocycles. The summed E-state index contributed by atoms with van der Waals surface area (Å²) in [6.07, 6.45) is -4.55. The number of alkyl halides is 3. The van der Waals surface area contributed by atoms with Crippen LogP contribution in [0.15, 0.2) is 6.07 Å². The Morgan fingerprint density at radius 2 is 2.11 bits per heavy atom. The monoisotopic (exact) mass is 282 g/mol. The highest BCUT2D eigenvalue weighted by atomic mass is 35.5. The van der Waals surface area contributed by atoms with Gasteiger partial charge in [0.1, 0.15) is 11.0 Å². The highest BCUT2D eigenvalue weighted by Gasteiger charge is 2.35. The topological polar surface area (TPSA) is 66.9 Å². The van der Waals surface area contributed by atoms with E-state index >= 15 is 0 Å². The largest absolute Gasteiger partial charge is 0.451 e. The summed E-state index contributed by atoms with van der Waals surface area (Å²) in [5.41, 5.74) is 0. The number of nitrogens with one attached hydrogen (secondary N) is 2. The van der Waals surface area contributed by atoms with Crippen molar-refractivity contribution in [1.82, 2.24) is 15.3 Å². The van der Waals surface area contributed by atoms with Gasteiger partial charge in [0.15, 0.2) is 0 Å². The van der Waals surface area contributed by atoms with Crippen LogP contribution in [0.3, 0.4) is 0 Å². The van der Waals surface area contributed by atoms with E-state index in [1.165, 1.54) is 7.05 Å². The van der Waals surface area contributed by atoms with Gasteiger partial charge in [-0.3, -0.25) is 4.79 Å². The minimum absolute atomic E-state index is 0.0776. The number of amides is 1. The van der Waals surface area contributed by atoms with Crippen LogP contribution < -0.4 is 10.6 Å². The van der Waals surface area contributed by atoms with Gasteiger partial charge in [-0.15, -0.1) is 0 Å². The molecule has 1 rings (SSSR count). The van der Waals surface area contributed by atoms with E-state index in [1.807, 2.05) is 0 Å². The van der Waals surface area contributed by atoms with Gasteiger partial charge in [0.05, 0.1) is 0 Å². The molecule has 0 aliphatic carbocycles. The van der Waals surface area contributed by atoms with Gasteiger partial charge in [0.2, 0.25) is 11.7 Å². The van der Waals surface area contributed by atoms with E-state index in [-0.39, 0.29) is 29.8 Å². The molecular weight excluding hydrogens is 273 g/mol. The van der Waals surface area contributed by atoms with Gasteiger partial charge in [-0.05, 0) is 0 Å². The standard InChI is InChI=1S/C9H10ClF3N4O/c1-14-7(18)2-3-15-6-4-5(10)16-8(17-6)9(11,12)13/h4H,2-3H2,1H3,(H,14,18)(H,15,16,17). The third-order valence-electron chi connectivity index (χ3n) is 1.89. The zero-order valence-electron chi connectivity index (χ0n) is 9.31. The fourth-order valence-electron chi connectivity index (χ4n) is 1.06. The van der Waals surface area contributed by atoms with Crippen molar-refractivity contribution >= 4 is 23.3 Å². The average Bonchev–Trinajstić information content (AvgIpc) is 2.27. The maximum Gasteiger partial charge on any atom is 0.451 e. The van der Waals surface area contributed by atoms with Crippen molar-refractivity contribution in [3.05, 3.63) is 17.0 Å². The third-order valence-corrected chi connectivity index (χ3v) is 2.08. The second-order valence-corrected chi connectivity index (χ2v) is 3.63. The molecule has 0 saturated heterocycles. The summed E-state index contributed by atoms with van der Waals surface area (Å²) in [6, 6.07) is 1.15. The quantitative estimate of drug-likeness (QED) is 0.825. The summed E-state index contributed by atoms with van der Waals surface area (Å²) in [7, 11) is 1.46. The zero-order chi connectivity index (χ0) is 13.8. The molecule has 0 saturated carbocycles. The molecular formula is C9H10ClF3N4O. The molecule has 9 heteroatoms. The lowest BCUT2D eigenvalue weighted by molar-refractivity contribution is -0.144. The van der Waals surface area contributed by atoms with Gasteiger partial charge in [-0.1, -0.05) is 11.6 Å². The zero-order valence-corrected chi connectivity index (χ0v) is 10.1. The number of halogens is 4. The summed E-state index contributed by atoms with van der Waals surface area (Å²) in [5.74, 6) is -1.64. The van der Waals surface area contributed by atoms with Crippen molar-refractivity contribution in [2.45, 2.75) is 12.6 Å². The highest BCUT2D eigenvalue weighted by Crippen LogP contribution is 2.28. The van der Waals surface area contributed by atoms with Gasteiger partial charge in [-0.2, -0.15) is 13.2 Å². The molecule has 0 spiro atoms. The number of carbonyl (C=O) groups is 1. The molecule has 0 bridgehead atoms. The van der Waals surface area contributed by atoms with Crippen molar-refractivity contribution in [1.29, 1.82) is 0 Å². The Morgan fingerprint density at radius 1 is 1.44 bits per heavy atom. The Labute approximate surface area is 106 Å². The minimum atomic E-state index is -4.66. The van der Waals surface area contributed by atoms with Gasteiger partial charge in [-0.25, -0.2) is 9.97 Å². The lowest BCUT2D eigenvalue weighted by Crippen LogP contribution is -2.21. The molecule has 0 radical (unpaired) electrons. The molecule has 18 heavy (non-hydrogen) atoms. The summed E-state index contributed by atoms with van der Waals surface area (Å²) in [5, 5.41) is 4.63. The molecule has 2 N–H and O–H groups in total. The van der Waals surface area contributed by atoms with E-state index in [4.69, 9.17) is 11.6 Å². The number of rotatable bonds is 4. The second kappa shape index (κ2) is 5.85. The van der Waals surface area contributed by atoms with Gasteiger partial charge in [0, 0.05) is 26.1 Å². The molecule has 1 amide bonds. The second-order valence-electron chi connectivity index (χ2n) is 3.25. The molecule has 100 valence electrons. The van der Waals surface area contributed by atoms with Crippen molar-refractivity contribution in [2.24, 2.45) is 0 Å². The Balaban J connectivity index is 2.72. The van der Waals surface area contributed by atoms with Crippen LogP contribution in [0, 0.1) is 0 Å². The van der Waals surface area contributed by atoms with E-state index < -0.39 is 12.0 Å². The van der Waals surface area contributed by atoms with Crippen LogP contribution in [0.4, 0.5) is 19.0 Å². The number of hydrogen-bond donors (Lipinski definition) is 2. The Kier molecular flexibility index (Phi) is 4.71. The minimum Gasteiger partial charge on any atom is -0.369 e. The molecule has 1 heterocycles. The number of aromatic nitrogens is 2. The molecule has 1 aromatic heterocycles. The summed E-state index contributed by atoms with van der Waals surface area (Å²) in [6.45, 7) is 0.143. The van der Waals surface area contributed by atoms with Crippen LogP contribution in [0.5, 0.6) is 0 Å². The van der Waals surface area contributed by atoms with E-state index in [0.717, 1.165) is 6.07 Å². The highest BCUT2D eigenvalue weighted by molar-refractivity contribution is 6.29. The SMILES string of the molecule is CNC(=O)CCNc1cc(Cl)nc(C(F)(F)F)n1. The number of hydrogen-bond acceptors (Lipinski definition) is 4. The predicted octanol–water partition coefficient (Wildman–Crippen LogP) is 1.70. The fourth-order valence-corrected chi connectivity index (χ4v) is 1.25. The lowest BCUT2D eigenvalue weighted by atomic mass is 10.4. The van der Waals surface area contributed by atoms with Crippen LogP contribution in [-0.2, 0) is 11.0 Å². The lowest BCUT2D eigenvalue weighted by Gasteiger charge is -2.09.